The van der Waals surface area contributed by atoms with Crippen molar-refractivity contribution in [2.24, 2.45) is 0 Å². The number of carbonyl (C=O) groups is 1. The molecular weight excluding hydrogens is 242 g/mol. The zero-order chi connectivity index (χ0) is 9.78. The molecule has 0 aromatic carbocycles. The average Bonchev–Trinajstić information content (AvgIpc) is 1.84. The minimum atomic E-state index is -0.839. The first-order chi connectivity index (χ1) is 5.34. The second-order valence-corrected chi connectivity index (χ2v) is 6.54. The van der Waals surface area contributed by atoms with E-state index in [1.54, 1.807) is 20.1 Å². The molecule has 1 atom stereocenters. The molecule has 0 aromatic heterocycles. The minimum Gasteiger partial charge on any atom is -0.354 e. The van der Waals surface area contributed by atoms with Crippen LogP contribution in [-0.2, 0) is 15.6 Å². The molecule has 1 amide bonds. The third-order valence-electron chi connectivity index (χ3n) is 1.22. The van der Waals surface area contributed by atoms with Crippen LogP contribution in [0.25, 0.3) is 0 Å². The van der Waals surface area contributed by atoms with Gasteiger partial charge in [0.15, 0.2) is 0 Å². The lowest BCUT2D eigenvalue weighted by atomic mass is 10.2. The molecule has 0 aliphatic heterocycles. The summed E-state index contributed by atoms with van der Waals surface area (Å²) in [6.45, 7) is 4.01. The highest BCUT2D eigenvalue weighted by atomic mass is 79.9. The molecule has 0 saturated carbocycles. The Morgan fingerprint density at radius 2 is 2.08 bits per heavy atom. The molecule has 0 bridgehead atoms. The number of halogens is 1. The molecule has 0 saturated heterocycles. The van der Waals surface area contributed by atoms with Gasteiger partial charge in [0.05, 0.1) is 4.32 Å². The highest BCUT2D eigenvalue weighted by molar-refractivity contribution is 9.10. The molecule has 0 radical (unpaired) electrons. The topological polar surface area (TPSA) is 46.2 Å². The molecule has 1 N–H and O–H groups in total. The molecule has 12 heavy (non-hydrogen) atoms. The molecule has 5 heteroatoms. The monoisotopic (exact) mass is 255 g/mol. The summed E-state index contributed by atoms with van der Waals surface area (Å²) in [5.41, 5.74) is 0. The van der Waals surface area contributed by atoms with Gasteiger partial charge in [-0.3, -0.25) is 9.00 Å². The maximum atomic E-state index is 11.2. The normalized spacial score (nSPS) is 14.0. The molecule has 0 spiro atoms. The van der Waals surface area contributed by atoms with E-state index in [9.17, 15) is 9.00 Å². The van der Waals surface area contributed by atoms with Gasteiger partial charge in [0.1, 0.15) is 0 Å². The van der Waals surface area contributed by atoms with Gasteiger partial charge in [-0.25, -0.2) is 0 Å². The van der Waals surface area contributed by atoms with E-state index in [1.807, 2.05) is 0 Å². The van der Waals surface area contributed by atoms with Crippen LogP contribution in [0.3, 0.4) is 0 Å². The van der Waals surface area contributed by atoms with Crippen molar-refractivity contribution < 1.29 is 9.00 Å². The summed E-state index contributed by atoms with van der Waals surface area (Å²) in [6.07, 6.45) is 1.62. The van der Waals surface area contributed by atoms with Crippen LogP contribution in [0.4, 0.5) is 0 Å². The van der Waals surface area contributed by atoms with E-state index >= 15 is 0 Å². The summed E-state index contributed by atoms with van der Waals surface area (Å²) >= 11 is 3.22. The van der Waals surface area contributed by atoms with Gasteiger partial charge in [-0.15, -0.1) is 0 Å². The van der Waals surface area contributed by atoms with Crippen molar-refractivity contribution in [1.82, 2.24) is 5.32 Å². The van der Waals surface area contributed by atoms with E-state index in [2.05, 4.69) is 21.2 Å². The highest BCUT2D eigenvalue weighted by Crippen LogP contribution is 2.14. The predicted molar refractivity (Wildman–Crippen MR) is 54.9 cm³/mol. The van der Waals surface area contributed by atoms with Crippen LogP contribution in [0.2, 0.25) is 0 Å². The molecule has 0 aromatic rings. The molecule has 0 heterocycles. The number of alkyl halides is 1. The molecule has 0 fully saturated rings. The lowest BCUT2D eigenvalue weighted by Gasteiger charge is -2.15. The van der Waals surface area contributed by atoms with Crippen molar-refractivity contribution >= 4 is 32.6 Å². The number of hydrogen-bond donors (Lipinski definition) is 1. The van der Waals surface area contributed by atoms with Crippen LogP contribution < -0.4 is 5.32 Å². The molecule has 1 unspecified atom stereocenters. The van der Waals surface area contributed by atoms with E-state index in [0.29, 0.717) is 12.3 Å². The fraction of sp³-hybridized carbons (Fsp3) is 0.857. The Morgan fingerprint density at radius 3 is 2.42 bits per heavy atom. The van der Waals surface area contributed by atoms with Gasteiger partial charge < -0.3 is 5.32 Å². The predicted octanol–water partition coefficient (Wildman–Crippen LogP) is 0.655. The van der Waals surface area contributed by atoms with Crippen molar-refractivity contribution in [2.75, 3.05) is 18.6 Å². The van der Waals surface area contributed by atoms with Crippen LogP contribution in [0.15, 0.2) is 0 Å². The molecule has 3 nitrogen and oxygen atoms in total. The largest absolute Gasteiger partial charge is 0.354 e. The lowest BCUT2D eigenvalue weighted by molar-refractivity contribution is -0.122. The lowest BCUT2D eigenvalue weighted by Crippen LogP contribution is -2.39. The SMILES string of the molecule is CS(=O)CCNC(=O)C(C)(C)Br. The Morgan fingerprint density at radius 1 is 1.58 bits per heavy atom. The van der Waals surface area contributed by atoms with Gasteiger partial charge in [0.2, 0.25) is 5.91 Å². The third kappa shape index (κ3) is 5.71. The third-order valence-corrected chi connectivity index (χ3v) is 2.35. The summed E-state index contributed by atoms with van der Waals surface area (Å²) in [4.78, 5) is 11.2. The van der Waals surface area contributed by atoms with Crippen molar-refractivity contribution in [3.8, 4) is 0 Å². The first-order valence-corrected chi connectivity index (χ1v) is 6.13. The van der Waals surface area contributed by atoms with Gasteiger partial charge in [-0.1, -0.05) is 15.9 Å². The first kappa shape index (κ1) is 12.1. The molecule has 0 aliphatic rings. The van der Waals surface area contributed by atoms with Gasteiger partial charge in [0, 0.05) is 29.4 Å². The average molecular weight is 256 g/mol. The van der Waals surface area contributed by atoms with E-state index in [1.165, 1.54) is 0 Å². The Hall–Kier alpha value is 0.1000. The molecular formula is C7H14BrNO2S. The zero-order valence-corrected chi connectivity index (χ0v) is 9.92. The second kappa shape index (κ2) is 4.97. The standard InChI is InChI=1S/C7H14BrNO2S/c1-7(2,8)6(10)9-4-5-12(3)11/h4-5H2,1-3H3,(H,9,10). The van der Waals surface area contributed by atoms with E-state index in [-0.39, 0.29) is 5.91 Å². The number of nitrogens with one attached hydrogen (secondary N) is 1. The Bertz CT molecular complexity index is 188. The number of carbonyl (C=O) groups excluding carboxylic acids is 1. The van der Waals surface area contributed by atoms with Gasteiger partial charge in [0.25, 0.3) is 0 Å². The summed E-state index contributed by atoms with van der Waals surface area (Å²) in [5.74, 6) is 0.433. The smallest absolute Gasteiger partial charge is 0.236 e. The fourth-order valence-corrected chi connectivity index (χ4v) is 1.05. The van der Waals surface area contributed by atoms with Gasteiger partial charge >= 0.3 is 0 Å². The zero-order valence-electron chi connectivity index (χ0n) is 7.52. The quantitative estimate of drug-likeness (QED) is 0.751. The second-order valence-electron chi connectivity index (χ2n) is 3.01. The van der Waals surface area contributed by atoms with Crippen LogP contribution in [0, 0.1) is 0 Å². The van der Waals surface area contributed by atoms with Crippen LogP contribution in [-0.4, -0.2) is 33.0 Å². The maximum Gasteiger partial charge on any atom is 0.236 e. The highest BCUT2D eigenvalue weighted by Gasteiger charge is 2.22. The maximum absolute atomic E-state index is 11.2. The first-order valence-electron chi connectivity index (χ1n) is 3.61. The Balaban J connectivity index is 3.66. The summed E-state index contributed by atoms with van der Waals surface area (Å²) in [5, 5.41) is 2.68. The van der Waals surface area contributed by atoms with Crippen molar-refractivity contribution in [1.29, 1.82) is 0 Å². The van der Waals surface area contributed by atoms with E-state index in [4.69, 9.17) is 0 Å². The van der Waals surface area contributed by atoms with Gasteiger partial charge in [-0.2, -0.15) is 0 Å². The van der Waals surface area contributed by atoms with E-state index < -0.39 is 15.1 Å². The molecule has 0 aliphatic carbocycles. The number of hydrogen-bond acceptors (Lipinski definition) is 2. The minimum absolute atomic E-state index is 0.0760. The van der Waals surface area contributed by atoms with E-state index in [0.717, 1.165) is 0 Å². The summed E-state index contributed by atoms with van der Waals surface area (Å²) in [7, 11) is -0.839. The number of amides is 1. The van der Waals surface area contributed by atoms with Crippen molar-refractivity contribution in [3.05, 3.63) is 0 Å². The van der Waals surface area contributed by atoms with Crippen molar-refractivity contribution in [3.63, 3.8) is 0 Å². The fourth-order valence-electron chi connectivity index (χ4n) is 0.518. The summed E-state index contributed by atoms with van der Waals surface area (Å²) in [6, 6.07) is 0. The van der Waals surface area contributed by atoms with Crippen LogP contribution in [0.1, 0.15) is 13.8 Å². The Labute approximate surface area is 83.9 Å². The van der Waals surface area contributed by atoms with Crippen molar-refractivity contribution in [2.45, 2.75) is 18.2 Å². The number of rotatable bonds is 4. The molecule has 72 valence electrons. The van der Waals surface area contributed by atoms with Crippen LogP contribution in [0.5, 0.6) is 0 Å². The Kier molecular flexibility index (Phi) is 5.01. The van der Waals surface area contributed by atoms with Gasteiger partial charge in [-0.05, 0) is 13.8 Å². The molecule has 0 rings (SSSR count). The van der Waals surface area contributed by atoms with Crippen LogP contribution >= 0.6 is 15.9 Å². The summed E-state index contributed by atoms with van der Waals surface area (Å²) < 4.78 is 10.1.